The quantitative estimate of drug-likeness (QED) is 0.330. The standard InChI is InChI=1S/C25H21ClN2O5/c1-14-9-18(24(33-2)19(26)10-14)22(30)20-21(16-6-3-7-17(29)11-16)28(25(32)23(20)31)13-15-5-4-8-27-12-15/h3-12,21,29-30H,13H2,1-2H3/b22-20+. The molecule has 1 saturated heterocycles. The largest absolute Gasteiger partial charge is 0.508 e. The third-order valence-electron chi connectivity index (χ3n) is 5.45. The van der Waals surface area contributed by atoms with Crippen LogP contribution in [-0.2, 0) is 16.1 Å². The van der Waals surface area contributed by atoms with Gasteiger partial charge in [-0.1, -0.05) is 29.8 Å². The number of carbonyl (C=O) groups excluding carboxylic acids is 2. The summed E-state index contributed by atoms with van der Waals surface area (Å²) in [4.78, 5) is 31.7. The molecule has 7 nitrogen and oxygen atoms in total. The molecule has 33 heavy (non-hydrogen) atoms. The molecule has 4 rings (SSSR count). The van der Waals surface area contributed by atoms with E-state index in [1.165, 1.54) is 24.1 Å². The minimum atomic E-state index is -0.943. The van der Waals surface area contributed by atoms with Crippen molar-refractivity contribution < 1.29 is 24.5 Å². The molecule has 8 heteroatoms. The minimum absolute atomic E-state index is 0.0318. The van der Waals surface area contributed by atoms with E-state index in [0.29, 0.717) is 11.1 Å². The average Bonchev–Trinajstić information content (AvgIpc) is 3.04. The fourth-order valence-electron chi connectivity index (χ4n) is 4.03. The predicted octanol–water partition coefficient (Wildman–Crippen LogP) is 4.38. The number of aryl methyl sites for hydroxylation is 1. The molecule has 1 aliphatic rings. The molecule has 1 amide bonds. The maximum absolute atomic E-state index is 13.2. The molecule has 3 aromatic rings. The summed E-state index contributed by atoms with van der Waals surface area (Å²) in [5.41, 5.74) is 2.00. The molecule has 1 aliphatic heterocycles. The van der Waals surface area contributed by atoms with Gasteiger partial charge in [-0.25, -0.2) is 0 Å². The molecule has 0 saturated carbocycles. The molecule has 168 valence electrons. The van der Waals surface area contributed by atoms with Gasteiger partial charge in [-0.15, -0.1) is 0 Å². The number of methoxy groups -OCH3 is 1. The SMILES string of the molecule is COc1c(Cl)cc(C)cc1/C(O)=C1\C(=O)C(=O)N(Cc2cccnc2)C1c1cccc(O)c1. The molecule has 1 fully saturated rings. The number of hydrogen-bond acceptors (Lipinski definition) is 6. The first-order valence-corrected chi connectivity index (χ1v) is 10.5. The smallest absolute Gasteiger partial charge is 0.295 e. The lowest BCUT2D eigenvalue weighted by Gasteiger charge is -2.25. The number of amides is 1. The number of ketones is 1. The summed E-state index contributed by atoms with van der Waals surface area (Å²) in [5, 5.41) is 21.6. The number of halogens is 1. The minimum Gasteiger partial charge on any atom is -0.508 e. The van der Waals surface area contributed by atoms with Crippen molar-refractivity contribution in [3.63, 3.8) is 0 Å². The van der Waals surface area contributed by atoms with Crippen molar-refractivity contribution in [3.05, 3.63) is 93.8 Å². The Balaban J connectivity index is 1.94. The Labute approximate surface area is 195 Å². The Hall–Kier alpha value is -3.84. The van der Waals surface area contributed by atoms with Gasteiger partial charge in [0.2, 0.25) is 0 Å². The Kier molecular flexibility index (Phi) is 6.07. The van der Waals surface area contributed by atoms with E-state index in [1.54, 1.807) is 55.7 Å². The molecule has 0 radical (unpaired) electrons. The summed E-state index contributed by atoms with van der Waals surface area (Å²) in [6.45, 7) is 1.87. The summed E-state index contributed by atoms with van der Waals surface area (Å²) < 4.78 is 5.37. The average molecular weight is 465 g/mol. The van der Waals surface area contributed by atoms with Gasteiger partial charge in [0.25, 0.3) is 11.7 Å². The molecule has 0 aliphatic carbocycles. The number of rotatable bonds is 5. The van der Waals surface area contributed by atoms with Gasteiger partial charge in [-0.05, 0) is 53.9 Å². The van der Waals surface area contributed by atoms with Crippen molar-refractivity contribution in [1.82, 2.24) is 9.88 Å². The second-order valence-electron chi connectivity index (χ2n) is 7.71. The first-order valence-electron chi connectivity index (χ1n) is 10.1. The molecule has 1 aromatic heterocycles. The van der Waals surface area contributed by atoms with Crippen LogP contribution in [0.15, 0.2) is 66.5 Å². The highest BCUT2D eigenvalue weighted by Gasteiger charge is 2.46. The zero-order chi connectivity index (χ0) is 23.7. The number of Topliss-reactive ketones (excluding diaryl/α,β-unsaturated/α-hetero) is 1. The van der Waals surface area contributed by atoms with Crippen molar-refractivity contribution in [2.75, 3.05) is 7.11 Å². The van der Waals surface area contributed by atoms with E-state index in [0.717, 1.165) is 5.56 Å². The lowest BCUT2D eigenvalue weighted by Crippen LogP contribution is -2.29. The van der Waals surface area contributed by atoms with Crippen LogP contribution in [-0.4, -0.2) is 38.9 Å². The van der Waals surface area contributed by atoms with Crippen LogP contribution in [0.3, 0.4) is 0 Å². The van der Waals surface area contributed by atoms with Crippen LogP contribution in [0.4, 0.5) is 0 Å². The second kappa shape index (κ2) is 8.96. The molecular formula is C25H21ClN2O5. The predicted molar refractivity (Wildman–Crippen MR) is 123 cm³/mol. The zero-order valence-corrected chi connectivity index (χ0v) is 18.7. The number of nitrogens with zero attached hydrogens (tertiary/aromatic N) is 2. The molecule has 1 atom stereocenters. The fraction of sp³-hybridized carbons (Fsp3) is 0.160. The van der Waals surface area contributed by atoms with Crippen molar-refractivity contribution >= 4 is 29.1 Å². The lowest BCUT2D eigenvalue weighted by atomic mass is 9.94. The van der Waals surface area contributed by atoms with Crippen LogP contribution in [0.2, 0.25) is 5.02 Å². The van der Waals surface area contributed by atoms with Crippen LogP contribution in [0.1, 0.15) is 28.3 Å². The van der Waals surface area contributed by atoms with E-state index in [4.69, 9.17) is 16.3 Å². The number of aromatic nitrogens is 1. The Morgan fingerprint density at radius 2 is 1.97 bits per heavy atom. The van der Waals surface area contributed by atoms with E-state index in [9.17, 15) is 19.8 Å². The van der Waals surface area contributed by atoms with Gasteiger partial charge in [0.05, 0.1) is 29.3 Å². The summed E-state index contributed by atoms with van der Waals surface area (Å²) in [6.07, 6.45) is 3.21. The number of aromatic hydroxyl groups is 1. The number of benzene rings is 2. The summed E-state index contributed by atoms with van der Waals surface area (Å²) in [6, 6.07) is 12.1. The van der Waals surface area contributed by atoms with Gasteiger partial charge in [-0.3, -0.25) is 14.6 Å². The third kappa shape index (κ3) is 4.15. The second-order valence-corrected chi connectivity index (χ2v) is 8.12. The number of aliphatic hydroxyl groups excluding tert-OH is 1. The molecular weight excluding hydrogens is 444 g/mol. The van der Waals surface area contributed by atoms with Crippen LogP contribution in [0.5, 0.6) is 11.5 Å². The summed E-state index contributed by atoms with van der Waals surface area (Å²) >= 11 is 6.30. The Morgan fingerprint density at radius 3 is 2.64 bits per heavy atom. The van der Waals surface area contributed by atoms with Crippen LogP contribution < -0.4 is 4.74 Å². The molecule has 0 bridgehead atoms. The summed E-state index contributed by atoms with van der Waals surface area (Å²) in [5.74, 6) is -1.86. The fourth-order valence-corrected chi connectivity index (χ4v) is 4.38. The number of phenolic OH excluding ortho intramolecular Hbond substituents is 1. The van der Waals surface area contributed by atoms with Gasteiger partial charge >= 0.3 is 0 Å². The highest BCUT2D eigenvalue weighted by Crippen LogP contribution is 2.43. The highest BCUT2D eigenvalue weighted by molar-refractivity contribution is 6.46. The van der Waals surface area contributed by atoms with Crippen LogP contribution in [0.25, 0.3) is 5.76 Å². The number of ether oxygens (including phenoxy) is 1. The first kappa shape index (κ1) is 22.4. The van der Waals surface area contributed by atoms with Crippen molar-refractivity contribution in [2.24, 2.45) is 0 Å². The molecule has 1 unspecified atom stereocenters. The zero-order valence-electron chi connectivity index (χ0n) is 17.9. The number of pyridine rings is 1. The van der Waals surface area contributed by atoms with E-state index in [-0.39, 0.29) is 34.2 Å². The number of aliphatic hydroxyl groups is 1. The lowest BCUT2D eigenvalue weighted by molar-refractivity contribution is -0.140. The van der Waals surface area contributed by atoms with E-state index < -0.39 is 23.5 Å². The van der Waals surface area contributed by atoms with Gasteiger partial charge in [0.1, 0.15) is 17.3 Å². The molecule has 2 N–H and O–H groups in total. The van der Waals surface area contributed by atoms with Gasteiger partial charge in [-0.2, -0.15) is 0 Å². The number of phenols is 1. The van der Waals surface area contributed by atoms with Crippen LogP contribution >= 0.6 is 11.6 Å². The topological polar surface area (TPSA) is 100.0 Å². The Morgan fingerprint density at radius 1 is 1.18 bits per heavy atom. The van der Waals surface area contributed by atoms with E-state index >= 15 is 0 Å². The number of carbonyl (C=O) groups is 2. The summed E-state index contributed by atoms with van der Waals surface area (Å²) in [7, 11) is 1.40. The van der Waals surface area contributed by atoms with Crippen molar-refractivity contribution in [3.8, 4) is 11.5 Å². The number of likely N-dealkylation sites (tertiary alicyclic amines) is 1. The first-order chi connectivity index (χ1) is 15.8. The maximum atomic E-state index is 13.2. The monoisotopic (exact) mass is 464 g/mol. The van der Waals surface area contributed by atoms with E-state index in [1.807, 2.05) is 0 Å². The molecule has 0 spiro atoms. The molecule has 2 aromatic carbocycles. The third-order valence-corrected chi connectivity index (χ3v) is 5.73. The van der Waals surface area contributed by atoms with Gasteiger partial charge in [0, 0.05) is 18.9 Å². The van der Waals surface area contributed by atoms with Crippen molar-refractivity contribution in [1.29, 1.82) is 0 Å². The van der Waals surface area contributed by atoms with Crippen molar-refractivity contribution in [2.45, 2.75) is 19.5 Å². The Bertz CT molecular complexity index is 1270. The van der Waals surface area contributed by atoms with Crippen LogP contribution in [0, 0.1) is 6.92 Å². The van der Waals surface area contributed by atoms with E-state index in [2.05, 4.69) is 4.98 Å². The normalized spacial score (nSPS) is 17.4. The van der Waals surface area contributed by atoms with Gasteiger partial charge < -0.3 is 19.8 Å². The molecule has 2 heterocycles. The highest BCUT2D eigenvalue weighted by atomic mass is 35.5. The van der Waals surface area contributed by atoms with Gasteiger partial charge in [0.15, 0.2) is 0 Å². The maximum Gasteiger partial charge on any atom is 0.295 e. The number of hydrogen-bond donors (Lipinski definition) is 2.